The number of aromatic nitrogens is 3. The minimum Gasteiger partial charge on any atom is -0.487 e. The standard InChI is InChI=1S/C34H35F5N4O3/c1-20-14-28(36)30(40-17-20)19-46-24-8-9-29-31(16-24)43(32(41-29)25-4-2-3-5-26(25)33(44)45)18-21-6-7-23(15-27(21)35)42-12-10-22(11-13-42)34(37,38)39/h6-9,14-17,22,25-26H,2-5,10-13,18-19H2,1H3,(H,44,45)/t25?,26-/m1/s1. The van der Waals surface area contributed by atoms with Crippen molar-refractivity contribution < 1.29 is 36.6 Å². The third-order valence-electron chi connectivity index (χ3n) is 9.28. The van der Waals surface area contributed by atoms with Crippen molar-refractivity contribution in [2.45, 2.75) is 70.7 Å². The first-order valence-corrected chi connectivity index (χ1v) is 15.5. The molecule has 2 aromatic carbocycles. The first-order valence-electron chi connectivity index (χ1n) is 15.5. The zero-order valence-electron chi connectivity index (χ0n) is 25.4. The fourth-order valence-electron chi connectivity index (χ4n) is 6.71. The van der Waals surface area contributed by atoms with Crippen LogP contribution in [-0.4, -0.2) is 44.9 Å². The van der Waals surface area contributed by atoms with Crippen LogP contribution in [-0.2, 0) is 17.9 Å². The van der Waals surface area contributed by atoms with Crippen molar-refractivity contribution >= 4 is 22.7 Å². The molecule has 6 rings (SSSR count). The number of hydrogen-bond acceptors (Lipinski definition) is 5. The molecule has 0 spiro atoms. The van der Waals surface area contributed by atoms with Crippen LogP contribution in [0.25, 0.3) is 11.0 Å². The largest absolute Gasteiger partial charge is 0.487 e. The van der Waals surface area contributed by atoms with E-state index in [0.717, 1.165) is 12.8 Å². The maximum absolute atomic E-state index is 15.7. The predicted molar refractivity (Wildman–Crippen MR) is 162 cm³/mol. The molecule has 12 heteroatoms. The van der Waals surface area contributed by atoms with E-state index < -0.39 is 35.6 Å². The van der Waals surface area contributed by atoms with Crippen molar-refractivity contribution in [3.63, 3.8) is 0 Å². The Hall–Kier alpha value is -4.22. The first-order chi connectivity index (χ1) is 22.0. The summed E-state index contributed by atoms with van der Waals surface area (Å²) in [6.07, 6.45) is 0.0164. The number of hydrogen-bond donors (Lipinski definition) is 1. The molecule has 0 bridgehead atoms. The maximum Gasteiger partial charge on any atom is 0.391 e. The average molecular weight is 643 g/mol. The quantitative estimate of drug-likeness (QED) is 0.198. The Labute approximate surface area is 263 Å². The number of nitrogens with zero attached hydrogens (tertiary/aromatic N) is 4. The number of carboxylic acids is 1. The van der Waals surface area contributed by atoms with Gasteiger partial charge in [0.1, 0.15) is 35.5 Å². The molecule has 4 aromatic rings. The van der Waals surface area contributed by atoms with Crippen LogP contribution in [0.5, 0.6) is 5.75 Å². The second-order valence-electron chi connectivity index (χ2n) is 12.4. The van der Waals surface area contributed by atoms with Crippen molar-refractivity contribution in [2.24, 2.45) is 11.8 Å². The number of benzene rings is 2. The van der Waals surface area contributed by atoms with Crippen molar-refractivity contribution in [3.05, 3.63) is 82.9 Å². The number of carboxylic acid groups (broad SMARTS) is 1. The third kappa shape index (κ3) is 6.66. The van der Waals surface area contributed by atoms with Gasteiger partial charge in [-0.1, -0.05) is 18.9 Å². The summed E-state index contributed by atoms with van der Waals surface area (Å²) < 4.78 is 77.2. The molecule has 7 nitrogen and oxygen atoms in total. The van der Waals surface area contributed by atoms with Crippen molar-refractivity contribution in [1.82, 2.24) is 14.5 Å². The van der Waals surface area contributed by atoms with Gasteiger partial charge in [0.25, 0.3) is 0 Å². The number of fused-ring (bicyclic) bond motifs is 1. The topological polar surface area (TPSA) is 80.5 Å². The molecule has 2 aromatic heterocycles. The van der Waals surface area contributed by atoms with Crippen LogP contribution < -0.4 is 9.64 Å². The van der Waals surface area contributed by atoms with Crippen LogP contribution in [0, 0.1) is 30.4 Å². The van der Waals surface area contributed by atoms with Crippen LogP contribution in [0.4, 0.5) is 27.6 Å². The number of halogens is 5. The molecule has 2 atom stereocenters. The number of anilines is 1. The highest BCUT2D eigenvalue weighted by atomic mass is 19.4. The summed E-state index contributed by atoms with van der Waals surface area (Å²) in [5.41, 5.74) is 2.88. The van der Waals surface area contributed by atoms with E-state index in [9.17, 15) is 27.5 Å². The van der Waals surface area contributed by atoms with E-state index in [1.54, 1.807) is 48.4 Å². The Kier molecular flexibility index (Phi) is 8.89. The van der Waals surface area contributed by atoms with Crippen molar-refractivity contribution in [2.75, 3.05) is 18.0 Å². The van der Waals surface area contributed by atoms with Crippen molar-refractivity contribution in [3.8, 4) is 5.75 Å². The lowest BCUT2D eigenvalue weighted by molar-refractivity contribution is -0.179. The molecule has 1 aliphatic carbocycles. The van der Waals surface area contributed by atoms with E-state index in [0.29, 0.717) is 52.3 Å². The Morgan fingerprint density at radius 1 is 1.00 bits per heavy atom. The second kappa shape index (κ2) is 12.9. The molecular formula is C34H35F5N4O3. The second-order valence-corrected chi connectivity index (χ2v) is 12.4. The number of piperidine rings is 1. The van der Waals surface area contributed by atoms with Gasteiger partial charge in [-0.25, -0.2) is 13.8 Å². The smallest absolute Gasteiger partial charge is 0.391 e. The lowest BCUT2D eigenvalue weighted by Gasteiger charge is -2.34. The van der Waals surface area contributed by atoms with Gasteiger partial charge < -0.3 is 19.3 Å². The van der Waals surface area contributed by atoms with Gasteiger partial charge in [-0.05, 0) is 68.5 Å². The highest BCUT2D eigenvalue weighted by Gasteiger charge is 2.41. The Morgan fingerprint density at radius 2 is 1.76 bits per heavy atom. The summed E-state index contributed by atoms with van der Waals surface area (Å²) in [6.45, 7) is 2.04. The van der Waals surface area contributed by atoms with Crippen molar-refractivity contribution in [1.29, 1.82) is 0 Å². The van der Waals surface area contributed by atoms with Gasteiger partial charge in [-0.15, -0.1) is 0 Å². The maximum atomic E-state index is 15.7. The number of alkyl halides is 3. The molecule has 0 amide bonds. The summed E-state index contributed by atoms with van der Waals surface area (Å²) in [7, 11) is 0. The SMILES string of the molecule is Cc1cnc(COc2ccc3nc(C4CCCC[C@H]4C(=O)O)n(Cc4ccc(N5CCC(C(F)(F)F)CC5)cc4F)c3c2)c(F)c1. The fourth-order valence-corrected chi connectivity index (χ4v) is 6.71. The van der Waals surface area contributed by atoms with Gasteiger partial charge in [-0.3, -0.25) is 9.78 Å². The molecule has 46 heavy (non-hydrogen) atoms. The Bertz CT molecular complexity index is 1730. The van der Waals surface area contributed by atoms with E-state index in [2.05, 4.69) is 4.98 Å². The molecule has 244 valence electrons. The molecule has 1 saturated carbocycles. The molecule has 1 aliphatic heterocycles. The van der Waals surface area contributed by atoms with Crippen LogP contribution in [0.15, 0.2) is 48.7 Å². The molecule has 1 saturated heterocycles. The minimum absolute atomic E-state index is 0.0413. The van der Waals surface area contributed by atoms with E-state index in [1.165, 1.54) is 12.1 Å². The average Bonchev–Trinajstić information content (AvgIpc) is 3.38. The molecule has 1 unspecified atom stereocenters. The number of aryl methyl sites for hydroxylation is 1. The van der Waals surface area contributed by atoms with E-state index in [-0.39, 0.29) is 50.7 Å². The normalized spacial score (nSPS) is 19.5. The number of pyridine rings is 1. The fraction of sp³-hybridized carbons (Fsp3) is 0.441. The summed E-state index contributed by atoms with van der Waals surface area (Å²) in [5.74, 6) is -3.31. The molecule has 0 radical (unpaired) electrons. The predicted octanol–water partition coefficient (Wildman–Crippen LogP) is 7.78. The summed E-state index contributed by atoms with van der Waals surface area (Å²) in [4.78, 5) is 23.0. The number of rotatable bonds is 8. The number of ether oxygens (including phenoxy) is 1. The zero-order chi connectivity index (χ0) is 32.6. The molecule has 2 fully saturated rings. The number of imidazole rings is 1. The summed E-state index contributed by atoms with van der Waals surface area (Å²) >= 11 is 0. The van der Waals surface area contributed by atoms with Crippen LogP contribution >= 0.6 is 0 Å². The Balaban J connectivity index is 1.31. The highest BCUT2D eigenvalue weighted by Crippen LogP contribution is 2.40. The lowest BCUT2D eigenvalue weighted by atomic mass is 9.78. The van der Waals surface area contributed by atoms with Crippen LogP contribution in [0.2, 0.25) is 0 Å². The van der Waals surface area contributed by atoms with E-state index in [4.69, 9.17) is 9.72 Å². The molecule has 1 N–H and O–H groups in total. The van der Waals surface area contributed by atoms with Crippen LogP contribution in [0.3, 0.4) is 0 Å². The molecule has 2 aliphatic rings. The van der Waals surface area contributed by atoms with Gasteiger partial charge in [0.2, 0.25) is 0 Å². The lowest BCUT2D eigenvalue weighted by Crippen LogP contribution is -2.39. The Morgan fingerprint density at radius 3 is 2.46 bits per heavy atom. The zero-order valence-corrected chi connectivity index (χ0v) is 25.4. The molecular weight excluding hydrogens is 607 g/mol. The van der Waals surface area contributed by atoms with E-state index in [1.807, 2.05) is 4.57 Å². The van der Waals surface area contributed by atoms with Gasteiger partial charge in [0.05, 0.1) is 29.4 Å². The van der Waals surface area contributed by atoms with Crippen LogP contribution in [0.1, 0.15) is 67.1 Å². The van der Waals surface area contributed by atoms with E-state index >= 15 is 4.39 Å². The van der Waals surface area contributed by atoms with Gasteiger partial charge >= 0.3 is 12.1 Å². The van der Waals surface area contributed by atoms with Gasteiger partial charge in [0, 0.05) is 42.5 Å². The monoisotopic (exact) mass is 642 g/mol. The number of aliphatic carboxylic acids is 1. The first kappa shape index (κ1) is 31.7. The third-order valence-corrected chi connectivity index (χ3v) is 9.28. The summed E-state index contributed by atoms with van der Waals surface area (Å²) in [5, 5.41) is 10.0. The van der Waals surface area contributed by atoms with Gasteiger partial charge in [0.15, 0.2) is 0 Å². The molecule has 3 heterocycles. The minimum atomic E-state index is -4.23. The van der Waals surface area contributed by atoms with Gasteiger partial charge in [-0.2, -0.15) is 13.2 Å². The summed E-state index contributed by atoms with van der Waals surface area (Å²) in [6, 6.07) is 11.2. The highest BCUT2D eigenvalue weighted by molar-refractivity contribution is 5.79. The number of carbonyl (C=O) groups is 1.